The van der Waals surface area contributed by atoms with E-state index in [0.29, 0.717) is 11.4 Å². The Labute approximate surface area is 122 Å². The number of halogens is 1. The number of rotatable bonds is 4. The van der Waals surface area contributed by atoms with Gasteiger partial charge in [0.25, 0.3) is 0 Å². The summed E-state index contributed by atoms with van der Waals surface area (Å²) in [5.41, 5.74) is 2.94. The maximum Gasteiger partial charge on any atom is 0.0957 e. The minimum absolute atomic E-state index is 0.261. The zero-order valence-corrected chi connectivity index (χ0v) is 12.8. The van der Waals surface area contributed by atoms with Crippen molar-refractivity contribution in [2.75, 3.05) is 0 Å². The highest BCUT2D eigenvalue weighted by molar-refractivity contribution is 7.05. The van der Waals surface area contributed by atoms with Crippen molar-refractivity contribution in [3.63, 3.8) is 0 Å². The first-order valence-corrected chi connectivity index (χ1v) is 7.39. The van der Waals surface area contributed by atoms with Crippen molar-refractivity contribution in [2.24, 2.45) is 0 Å². The summed E-state index contributed by atoms with van der Waals surface area (Å²) in [5, 5.41) is 15.1. The number of aromatic nitrogens is 2. The summed E-state index contributed by atoms with van der Waals surface area (Å²) in [6.07, 6.45) is -0.111. The molecule has 1 atom stereocenters. The summed E-state index contributed by atoms with van der Waals surface area (Å²) < 4.78 is 3.94. The molecule has 1 aromatic heterocycles. The first-order valence-electron chi connectivity index (χ1n) is 6.24. The van der Waals surface area contributed by atoms with E-state index in [2.05, 4.69) is 9.59 Å². The molecule has 0 aliphatic rings. The average molecular weight is 297 g/mol. The molecule has 2 rings (SSSR count). The highest BCUT2D eigenvalue weighted by Gasteiger charge is 2.20. The van der Waals surface area contributed by atoms with Crippen LogP contribution >= 0.6 is 23.1 Å². The van der Waals surface area contributed by atoms with Gasteiger partial charge in [0.1, 0.15) is 0 Å². The first-order chi connectivity index (χ1) is 8.99. The van der Waals surface area contributed by atoms with Gasteiger partial charge in [-0.05, 0) is 41.6 Å². The number of benzene rings is 1. The van der Waals surface area contributed by atoms with Gasteiger partial charge >= 0.3 is 0 Å². The van der Waals surface area contributed by atoms with Gasteiger partial charge in [-0.25, -0.2) is 0 Å². The van der Waals surface area contributed by atoms with Crippen molar-refractivity contribution in [2.45, 2.75) is 39.2 Å². The number of aryl methyl sites for hydroxylation is 1. The van der Waals surface area contributed by atoms with Crippen molar-refractivity contribution < 1.29 is 5.11 Å². The summed E-state index contributed by atoms with van der Waals surface area (Å²) in [7, 11) is 0. The monoisotopic (exact) mass is 296 g/mol. The first kappa shape index (κ1) is 14.4. The van der Waals surface area contributed by atoms with Gasteiger partial charge in [-0.3, -0.25) is 0 Å². The summed E-state index contributed by atoms with van der Waals surface area (Å²) in [6.45, 7) is 6.09. The highest BCUT2D eigenvalue weighted by Crippen LogP contribution is 2.30. The zero-order valence-electron chi connectivity index (χ0n) is 11.2. The van der Waals surface area contributed by atoms with Gasteiger partial charge in [0.2, 0.25) is 0 Å². The standard InChI is InChI=1S/C14H17ClN2OS/c1-8(2)13-14(19-17-16-13)12(18)7-10-5-4-9(3)6-11(10)15/h4-6,8,12,18H,7H2,1-3H3. The Morgan fingerprint density at radius 3 is 2.74 bits per heavy atom. The summed E-state index contributed by atoms with van der Waals surface area (Å²) in [6, 6.07) is 5.88. The lowest BCUT2D eigenvalue weighted by molar-refractivity contribution is 0.180. The van der Waals surface area contributed by atoms with E-state index in [4.69, 9.17) is 11.6 Å². The maximum atomic E-state index is 10.4. The van der Waals surface area contributed by atoms with Crippen LogP contribution in [0, 0.1) is 6.92 Å². The molecule has 0 aliphatic carbocycles. The van der Waals surface area contributed by atoms with E-state index in [1.165, 1.54) is 11.5 Å². The van der Waals surface area contributed by atoms with Gasteiger partial charge in [-0.2, -0.15) is 0 Å². The fourth-order valence-electron chi connectivity index (χ4n) is 1.95. The van der Waals surface area contributed by atoms with Crippen molar-refractivity contribution in [1.29, 1.82) is 0 Å². The predicted octanol–water partition coefficient (Wildman–Crippen LogP) is 3.90. The molecule has 1 N–H and O–H groups in total. The Balaban J connectivity index is 2.21. The van der Waals surface area contributed by atoms with E-state index >= 15 is 0 Å². The van der Waals surface area contributed by atoms with E-state index < -0.39 is 6.10 Å². The molecule has 1 aromatic carbocycles. The van der Waals surface area contributed by atoms with Crippen LogP contribution < -0.4 is 0 Å². The second-order valence-electron chi connectivity index (χ2n) is 4.99. The second kappa shape index (κ2) is 5.99. The molecular formula is C14H17ClN2OS. The van der Waals surface area contributed by atoms with E-state index in [-0.39, 0.29) is 5.92 Å². The van der Waals surface area contributed by atoms with Crippen LogP contribution in [0.25, 0.3) is 0 Å². The van der Waals surface area contributed by atoms with Crippen molar-refractivity contribution in [3.05, 3.63) is 44.9 Å². The third-order valence-electron chi connectivity index (χ3n) is 3.01. The number of aliphatic hydroxyl groups excluding tert-OH is 1. The lowest BCUT2D eigenvalue weighted by atomic mass is 10.0. The van der Waals surface area contributed by atoms with Crippen LogP contribution in [-0.2, 0) is 6.42 Å². The number of hydrogen-bond donors (Lipinski definition) is 1. The molecule has 19 heavy (non-hydrogen) atoms. The summed E-state index contributed by atoms with van der Waals surface area (Å²) in [5.74, 6) is 0.261. The fraction of sp³-hybridized carbons (Fsp3) is 0.429. The van der Waals surface area contributed by atoms with E-state index in [0.717, 1.165) is 21.7 Å². The van der Waals surface area contributed by atoms with Gasteiger partial charge in [0, 0.05) is 11.4 Å². The molecule has 0 radical (unpaired) electrons. The highest BCUT2D eigenvalue weighted by atomic mass is 35.5. The van der Waals surface area contributed by atoms with Crippen molar-refractivity contribution >= 4 is 23.1 Å². The van der Waals surface area contributed by atoms with Crippen molar-refractivity contribution in [1.82, 2.24) is 9.59 Å². The topological polar surface area (TPSA) is 46.0 Å². The SMILES string of the molecule is Cc1ccc(CC(O)c2snnc2C(C)C)c(Cl)c1. The van der Waals surface area contributed by atoms with Crippen LogP contribution in [0.5, 0.6) is 0 Å². The second-order valence-corrected chi connectivity index (χ2v) is 6.18. The molecule has 0 saturated heterocycles. The zero-order chi connectivity index (χ0) is 14.0. The quantitative estimate of drug-likeness (QED) is 0.931. The van der Waals surface area contributed by atoms with Crippen molar-refractivity contribution in [3.8, 4) is 0 Å². The third-order valence-corrected chi connectivity index (χ3v) is 4.20. The Morgan fingerprint density at radius 1 is 1.37 bits per heavy atom. The van der Waals surface area contributed by atoms with E-state index in [1.54, 1.807) is 0 Å². The molecule has 0 amide bonds. The number of aliphatic hydroxyl groups is 1. The molecule has 0 aliphatic heterocycles. The molecule has 0 bridgehead atoms. The normalized spacial score (nSPS) is 12.9. The van der Waals surface area contributed by atoms with Crippen LogP contribution in [-0.4, -0.2) is 14.7 Å². The van der Waals surface area contributed by atoms with Crippen LogP contribution in [0.15, 0.2) is 18.2 Å². The molecular weight excluding hydrogens is 280 g/mol. The van der Waals surface area contributed by atoms with Gasteiger partial charge in [-0.15, -0.1) is 5.10 Å². The Hall–Kier alpha value is -0.970. The third kappa shape index (κ3) is 3.32. The lowest BCUT2D eigenvalue weighted by Gasteiger charge is -2.12. The molecule has 5 heteroatoms. The van der Waals surface area contributed by atoms with Gasteiger partial charge in [0.15, 0.2) is 0 Å². The molecule has 102 valence electrons. The number of nitrogens with zero attached hydrogens (tertiary/aromatic N) is 2. The maximum absolute atomic E-state index is 10.4. The van der Waals surface area contributed by atoms with E-state index in [9.17, 15) is 5.11 Å². The fourth-order valence-corrected chi connectivity index (χ4v) is 3.06. The molecule has 2 aromatic rings. The summed E-state index contributed by atoms with van der Waals surface area (Å²) >= 11 is 7.46. The smallest absolute Gasteiger partial charge is 0.0957 e. The Kier molecular flexibility index (Phi) is 4.55. The molecule has 0 saturated carbocycles. The minimum Gasteiger partial charge on any atom is -0.387 e. The van der Waals surface area contributed by atoms with Crippen LogP contribution in [0.1, 0.15) is 47.6 Å². The van der Waals surface area contributed by atoms with Crippen LogP contribution in [0.4, 0.5) is 0 Å². The molecule has 3 nitrogen and oxygen atoms in total. The number of hydrogen-bond acceptors (Lipinski definition) is 4. The van der Waals surface area contributed by atoms with E-state index in [1.807, 2.05) is 39.0 Å². The van der Waals surface area contributed by atoms with Gasteiger partial charge in [-0.1, -0.05) is 42.1 Å². The Morgan fingerprint density at radius 2 is 2.11 bits per heavy atom. The largest absolute Gasteiger partial charge is 0.387 e. The van der Waals surface area contributed by atoms with Gasteiger partial charge in [0.05, 0.1) is 16.7 Å². The minimum atomic E-state index is -0.599. The summed E-state index contributed by atoms with van der Waals surface area (Å²) in [4.78, 5) is 0.839. The van der Waals surface area contributed by atoms with Crippen LogP contribution in [0.2, 0.25) is 5.02 Å². The molecule has 0 spiro atoms. The average Bonchev–Trinajstić information content (AvgIpc) is 2.82. The molecule has 1 unspecified atom stereocenters. The lowest BCUT2D eigenvalue weighted by Crippen LogP contribution is -2.04. The Bertz CT molecular complexity index is 568. The van der Waals surface area contributed by atoms with Crippen LogP contribution in [0.3, 0.4) is 0 Å². The predicted molar refractivity (Wildman–Crippen MR) is 78.9 cm³/mol. The molecule has 1 heterocycles. The molecule has 0 fully saturated rings. The van der Waals surface area contributed by atoms with Gasteiger partial charge < -0.3 is 5.11 Å².